The van der Waals surface area contributed by atoms with Gasteiger partial charge in [0, 0.05) is 28.4 Å². The van der Waals surface area contributed by atoms with E-state index in [-0.39, 0.29) is 5.91 Å². The van der Waals surface area contributed by atoms with E-state index < -0.39 is 0 Å². The number of aryl methyl sites for hydroxylation is 2. The zero-order valence-electron chi connectivity index (χ0n) is 16.0. The molecule has 0 bridgehead atoms. The summed E-state index contributed by atoms with van der Waals surface area (Å²) < 4.78 is 0. The number of carbonyl (C=O) groups excluding carboxylic acids is 1. The average molecular weight is 371 g/mol. The molecule has 0 saturated heterocycles. The van der Waals surface area contributed by atoms with Gasteiger partial charge >= 0.3 is 0 Å². The molecule has 26 heavy (non-hydrogen) atoms. The maximum absolute atomic E-state index is 12.2. The van der Waals surface area contributed by atoms with Crippen LogP contribution in [0.1, 0.15) is 54.5 Å². The molecule has 5 nitrogen and oxygen atoms in total. The van der Waals surface area contributed by atoms with Crippen LogP contribution >= 0.6 is 11.8 Å². The summed E-state index contributed by atoms with van der Waals surface area (Å²) in [6, 6.07) is 9.52. The van der Waals surface area contributed by atoms with Crippen molar-refractivity contribution in [2.75, 3.05) is 0 Å². The van der Waals surface area contributed by atoms with Gasteiger partial charge in [0.25, 0.3) is 5.91 Å². The molecule has 0 aliphatic rings. The van der Waals surface area contributed by atoms with Gasteiger partial charge in [-0.3, -0.25) is 4.79 Å². The van der Waals surface area contributed by atoms with E-state index in [2.05, 4.69) is 34.3 Å². The SMILES string of the molecule is CC/C(=N/NC(=O)c1ccc(CSc2nc(C)cc(C)n2)cc1)C(C)C. The molecule has 2 rings (SSSR count). The molecule has 0 aliphatic carbocycles. The highest BCUT2D eigenvalue weighted by Crippen LogP contribution is 2.20. The van der Waals surface area contributed by atoms with Crippen LogP contribution < -0.4 is 5.43 Å². The van der Waals surface area contributed by atoms with E-state index in [1.54, 1.807) is 11.8 Å². The summed E-state index contributed by atoms with van der Waals surface area (Å²) in [4.78, 5) is 21.1. The van der Waals surface area contributed by atoms with Crippen molar-refractivity contribution in [3.8, 4) is 0 Å². The summed E-state index contributed by atoms with van der Waals surface area (Å²) in [5.74, 6) is 0.900. The number of thioether (sulfide) groups is 1. The van der Waals surface area contributed by atoms with Gasteiger partial charge < -0.3 is 0 Å². The maximum Gasteiger partial charge on any atom is 0.271 e. The molecule has 1 N–H and O–H groups in total. The van der Waals surface area contributed by atoms with Crippen molar-refractivity contribution in [2.24, 2.45) is 11.0 Å². The van der Waals surface area contributed by atoms with E-state index in [0.717, 1.165) is 40.0 Å². The van der Waals surface area contributed by atoms with Crippen LogP contribution in [-0.2, 0) is 5.75 Å². The third-order valence-corrected chi connectivity index (χ3v) is 4.79. The van der Waals surface area contributed by atoms with Crippen molar-refractivity contribution in [3.05, 3.63) is 52.8 Å². The van der Waals surface area contributed by atoms with Gasteiger partial charge in [0.05, 0.1) is 0 Å². The van der Waals surface area contributed by atoms with Gasteiger partial charge in [-0.05, 0) is 49.9 Å². The minimum absolute atomic E-state index is 0.187. The highest BCUT2D eigenvalue weighted by Gasteiger charge is 2.08. The van der Waals surface area contributed by atoms with Crippen molar-refractivity contribution in [1.29, 1.82) is 0 Å². The van der Waals surface area contributed by atoms with Crippen LogP contribution in [0.25, 0.3) is 0 Å². The van der Waals surface area contributed by atoms with Crippen LogP contribution in [0.3, 0.4) is 0 Å². The molecule has 2 aromatic rings. The van der Waals surface area contributed by atoms with Gasteiger partial charge in [0.2, 0.25) is 0 Å². The summed E-state index contributed by atoms with van der Waals surface area (Å²) >= 11 is 1.59. The lowest BCUT2D eigenvalue weighted by atomic mass is 10.1. The molecule has 1 amide bonds. The van der Waals surface area contributed by atoms with Crippen molar-refractivity contribution in [1.82, 2.24) is 15.4 Å². The zero-order chi connectivity index (χ0) is 19.1. The lowest BCUT2D eigenvalue weighted by Gasteiger charge is -2.08. The highest BCUT2D eigenvalue weighted by molar-refractivity contribution is 7.98. The normalized spacial score (nSPS) is 11.7. The van der Waals surface area contributed by atoms with Crippen LogP contribution in [0.5, 0.6) is 0 Å². The predicted molar refractivity (Wildman–Crippen MR) is 108 cm³/mol. The third kappa shape index (κ3) is 5.95. The van der Waals surface area contributed by atoms with Crippen molar-refractivity contribution in [2.45, 2.75) is 51.9 Å². The second-order valence-corrected chi connectivity index (χ2v) is 7.41. The number of nitrogens with one attached hydrogen (secondary N) is 1. The topological polar surface area (TPSA) is 67.2 Å². The fourth-order valence-electron chi connectivity index (χ4n) is 2.46. The molecule has 1 aromatic heterocycles. The molecule has 0 atom stereocenters. The Morgan fingerprint density at radius 1 is 1.15 bits per heavy atom. The maximum atomic E-state index is 12.2. The highest BCUT2D eigenvalue weighted by atomic mass is 32.2. The Hall–Kier alpha value is -2.21. The summed E-state index contributed by atoms with van der Waals surface area (Å²) in [5.41, 5.74) is 7.30. The monoisotopic (exact) mass is 370 g/mol. The molecule has 1 heterocycles. The lowest BCUT2D eigenvalue weighted by Crippen LogP contribution is -2.21. The number of hydrazone groups is 1. The third-order valence-electron chi connectivity index (χ3n) is 3.88. The first-order valence-electron chi connectivity index (χ1n) is 8.79. The van der Waals surface area contributed by atoms with Crippen molar-refractivity contribution < 1.29 is 4.79 Å². The van der Waals surface area contributed by atoms with Crippen LogP contribution in [0.2, 0.25) is 0 Å². The van der Waals surface area contributed by atoms with Crippen LogP contribution in [0, 0.1) is 19.8 Å². The van der Waals surface area contributed by atoms with Crippen molar-refractivity contribution in [3.63, 3.8) is 0 Å². The first kappa shape index (κ1) is 20.1. The largest absolute Gasteiger partial charge is 0.271 e. The second-order valence-electron chi connectivity index (χ2n) is 6.47. The molecule has 138 valence electrons. The second kappa shape index (κ2) is 9.48. The number of rotatable bonds is 7. The molecule has 0 aliphatic heterocycles. The summed E-state index contributed by atoms with van der Waals surface area (Å²) in [6.45, 7) is 10.1. The standard InChI is InChI=1S/C20H26N4OS/c1-6-18(13(2)3)23-24-19(25)17-9-7-16(8-10-17)12-26-20-21-14(4)11-15(5)22-20/h7-11,13H,6,12H2,1-5H3,(H,24,25)/b23-18-. The predicted octanol–water partition coefficient (Wildman–Crippen LogP) is 4.54. The molecule has 0 unspecified atom stereocenters. The molecule has 1 aromatic carbocycles. The Bertz CT molecular complexity index is 765. The Labute approximate surface area is 159 Å². The average Bonchev–Trinajstić information content (AvgIpc) is 2.59. The van der Waals surface area contributed by atoms with Gasteiger partial charge in [-0.2, -0.15) is 5.10 Å². The fourth-order valence-corrected chi connectivity index (χ4v) is 3.37. The number of carbonyl (C=O) groups is 1. The van der Waals surface area contributed by atoms with E-state index in [1.165, 1.54) is 0 Å². The van der Waals surface area contributed by atoms with Crippen molar-refractivity contribution >= 4 is 23.4 Å². The number of amides is 1. The molecule has 0 spiro atoms. The van der Waals surface area contributed by atoms with E-state index in [1.807, 2.05) is 51.1 Å². The number of nitrogens with zero attached hydrogens (tertiary/aromatic N) is 3. The molecule has 6 heteroatoms. The van der Waals surface area contributed by atoms with E-state index in [4.69, 9.17) is 0 Å². The Morgan fingerprint density at radius 2 is 1.77 bits per heavy atom. The van der Waals surface area contributed by atoms with E-state index >= 15 is 0 Å². The minimum Gasteiger partial charge on any atom is -0.267 e. The minimum atomic E-state index is -0.187. The molecule has 0 fully saturated rings. The van der Waals surface area contributed by atoms with Gasteiger partial charge in [0.1, 0.15) is 0 Å². The first-order chi connectivity index (χ1) is 12.4. The molecule has 0 radical (unpaired) electrons. The lowest BCUT2D eigenvalue weighted by molar-refractivity contribution is 0.0954. The summed E-state index contributed by atoms with van der Waals surface area (Å²) in [6.07, 6.45) is 0.828. The molecular formula is C20H26N4OS. The quantitative estimate of drug-likeness (QED) is 0.336. The number of benzene rings is 1. The van der Waals surface area contributed by atoms with Gasteiger partial charge in [-0.15, -0.1) is 0 Å². The van der Waals surface area contributed by atoms with Gasteiger partial charge in [0.15, 0.2) is 5.16 Å². The van der Waals surface area contributed by atoms with E-state index in [9.17, 15) is 4.79 Å². The zero-order valence-corrected chi connectivity index (χ0v) is 16.9. The van der Waals surface area contributed by atoms with Gasteiger partial charge in [-0.1, -0.05) is 44.7 Å². The summed E-state index contributed by atoms with van der Waals surface area (Å²) in [7, 11) is 0. The fraction of sp³-hybridized carbons (Fsp3) is 0.400. The van der Waals surface area contributed by atoms with Crippen LogP contribution in [0.4, 0.5) is 0 Å². The van der Waals surface area contributed by atoms with Crippen LogP contribution in [-0.4, -0.2) is 21.6 Å². The molecular weight excluding hydrogens is 344 g/mol. The summed E-state index contributed by atoms with van der Waals surface area (Å²) in [5, 5.41) is 5.01. The number of aromatic nitrogens is 2. The number of hydrogen-bond acceptors (Lipinski definition) is 5. The van der Waals surface area contributed by atoms with Crippen LogP contribution in [0.15, 0.2) is 40.6 Å². The molecule has 0 saturated carbocycles. The van der Waals surface area contributed by atoms with E-state index in [0.29, 0.717) is 11.5 Å². The number of hydrogen-bond donors (Lipinski definition) is 1. The first-order valence-corrected chi connectivity index (χ1v) is 9.78. The Balaban J connectivity index is 1.96. The van der Waals surface area contributed by atoms with Gasteiger partial charge in [-0.25, -0.2) is 15.4 Å². The smallest absolute Gasteiger partial charge is 0.267 e. The Kier molecular flexibility index (Phi) is 7.33. The Morgan fingerprint density at radius 3 is 2.31 bits per heavy atom.